The number of nitrogens with zero attached hydrogens (tertiary/aromatic N) is 5. The van der Waals surface area contributed by atoms with Gasteiger partial charge in [0.1, 0.15) is 29.3 Å². The molecule has 2 N–H and O–H groups in total. The van der Waals surface area contributed by atoms with E-state index in [4.69, 9.17) is 4.74 Å². The Balaban J connectivity index is 1.01. The van der Waals surface area contributed by atoms with Crippen LogP contribution in [0.1, 0.15) is 69.7 Å². The van der Waals surface area contributed by atoms with Crippen LogP contribution in [-0.4, -0.2) is 84.1 Å². The van der Waals surface area contributed by atoms with Gasteiger partial charge < -0.3 is 30.1 Å². The van der Waals surface area contributed by atoms with Crippen LogP contribution < -0.4 is 31.1 Å². The lowest BCUT2D eigenvalue weighted by molar-refractivity contribution is 0.0623. The summed E-state index contributed by atoms with van der Waals surface area (Å²) >= 11 is 0. The van der Waals surface area contributed by atoms with E-state index in [1.54, 1.807) is 18.1 Å². The highest BCUT2D eigenvalue weighted by Crippen LogP contribution is 2.45. The number of nitrogens with one attached hydrogen (secondary N) is 2. The van der Waals surface area contributed by atoms with Crippen LogP contribution in [0.2, 0.25) is 0 Å². The van der Waals surface area contributed by atoms with Crippen LogP contribution in [0.4, 0.5) is 21.6 Å². The quantitative estimate of drug-likeness (QED) is 0.288. The van der Waals surface area contributed by atoms with Gasteiger partial charge >= 0.3 is 0 Å². The first kappa shape index (κ1) is 32.9. The van der Waals surface area contributed by atoms with E-state index >= 15 is 0 Å². The minimum absolute atomic E-state index is 0.0378. The topological polar surface area (TPSA) is 120 Å². The highest BCUT2D eigenvalue weighted by Gasteiger charge is 2.46. The Kier molecular flexibility index (Phi) is 9.50. The molecular weight excluding hydrogens is 601 g/mol. The first-order valence-electron chi connectivity index (χ1n) is 16.9. The normalized spacial score (nSPS) is 21.1. The van der Waals surface area contributed by atoms with Gasteiger partial charge in [0.2, 0.25) is 0 Å². The summed E-state index contributed by atoms with van der Waals surface area (Å²) in [6.45, 7) is 11.3. The molecule has 0 radical (unpaired) electrons. The molecule has 1 amide bonds. The summed E-state index contributed by atoms with van der Waals surface area (Å²) in [7, 11) is 1.67. The van der Waals surface area contributed by atoms with Crippen LogP contribution in [-0.2, 0) is 0 Å². The van der Waals surface area contributed by atoms with Gasteiger partial charge in [-0.1, -0.05) is 0 Å². The van der Waals surface area contributed by atoms with Crippen molar-refractivity contribution in [3.63, 3.8) is 0 Å². The van der Waals surface area contributed by atoms with Crippen LogP contribution in [0.25, 0.3) is 0 Å². The Morgan fingerprint density at radius 1 is 1.09 bits per heavy atom. The number of rotatable bonds is 11. The average Bonchev–Trinajstić information content (AvgIpc) is 3.06. The zero-order valence-electron chi connectivity index (χ0n) is 27.9. The van der Waals surface area contributed by atoms with Crippen molar-refractivity contribution in [3.05, 3.63) is 62.6 Å². The molecule has 0 bridgehead atoms. The summed E-state index contributed by atoms with van der Waals surface area (Å²) in [4.78, 5) is 52.2. The number of ether oxygens (including phenoxy) is 1. The van der Waals surface area contributed by atoms with Gasteiger partial charge in [0.05, 0.1) is 11.8 Å². The van der Waals surface area contributed by atoms with Crippen molar-refractivity contribution in [3.8, 4) is 11.5 Å². The number of likely N-dealkylation sites (tertiary alicyclic amines) is 1. The van der Waals surface area contributed by atoms with Crippen LogP contribution >= 0.6 is 0 Å². The van der Waals surface area contributed by atoms with E-state index < -0.39 is 16.7 Å². The molecule has 12 heteroatoms. The molecule has 1 saturated carbocycles. The molecule has 47 heavy (non-hydrogen) atoms. The first-order valence-corrected chi connectivity index (χ1v) is 16.9. The Morgan fingerprint density at radius 3 is 2.45 bits per heavy atom. The predicted molar refractivity (Wildman–Crippen MR) is 181 cm³/mol. The maximum atomic E-state index is 14.3. The van der Waals surface area contributed by atoms with E-state index in [9.17, 15) is 18.8 Å². The zero-order valence-corrected chi connectivity index (χ0v) is 27.9. The number of amides is 1. The number of hydrogen-bond acceptors (Lipinski definition) is 10. The standard InChI is InChI=1S/C35H46FN7O4/c1-5-43(22(2)3)34(46)26-16-24(36)8-11-27(26)47-28-17-38-21-39-33(28)42-19-35(20-42)12-14-41(15-13-35)18-23-6-9-25(10-7-23)40-30-29(37-4)31(44)32(30)45/h8,11,16-17,21-23,25,37,40H,5-7,9-10,12-15,18-20H2,1-4H3. The maximum Gasteiger partial charge on any atom is 0.257 e. The number of benzene rings is 1. The summed E-state index contributed by atoms with van der Waals surface area (Å²) in [6, 6.07) is 4.24. The van der Waals surface area contributed by atoms with Crippen molar-refractivity contribution in [2.45, 2.75) is 71.4 Å². The second-order valence-electron chi connectivity index (χ2n) is 13.8. The van der Waals surface area contributed by atoms with Crippen molar-refractivity contribution < 1.29 is 13.9 Å². The molecule has 3 aromatic rings. The summed E-state index contributed by atoms with van der Waals surface area (Å²) < 4.78 is 20.5. The number of aromatic nitrogens is 2. The molecule has 3 aliphatic rings. The highest BCUT2D eigenvalue weighted by molar-refractivity contribution is 5.97. The smallest absolute Gasteiger partial charge is 0.257 e. The first-order chi connectivity index (χ1) is 22.6. The molecule has 6 rings (SSSR count). The van der Waals surface area contributed by atoms with Crippen molar-refractivity contribution in [2.75, 3.05) is 61.8 Å². The fraction of sp³-hybridized carbons (Fsp3) is 0.571. The van der Waals surface area contributed by atoms with E-state index in [2.05, 4.69) is 30.4 Å². The highest BCUT2D eigenvalue weighted by atomic mass is 19.1. The van der Waals surface area contributed by atoms with E-state index in [0.717, 1.165) is 71.2 Å². The number of hydrogen-bond donors (Lipinski definition) is 2. The van der Waals surface area contributed by atoms with Crippen molar-refractivity contribution in [1.29, 1.82) is 0 Å². The third-order valence-corrected chi connectivity index (χ3v) is 10.4. The number of carbonyl (C=O) groups excluding carboxylic acids is 1. The second kappa shape index (κ2) is 13.6. The van der Waals surface area contributed by atoms with Crippen LogP contribution in [0.15, 0.2) is 40.3 Å². The van der Waals surface area contributed by atoms with Crippen molar-refractivity contribution >= 4 is 23.1 Å². The van der Waals surface area contributed by atoms with Gasteiger partial charge in [-0.2, -0.15) is 0 Å². The Bertz CT molecular complexity index is 1650. The Hall–Kier alpha value is -4.06. The van der Waals surface area contributed by atoms with E-state index in [0.29, 0.717) is 35.4 Å². The summed E-state index contributed by atoms with van der Waals surface area (Å²) in [5.74, 6) is 1.29. The molecule has 0 unspecified atom stereocenters. The van der Waals surface area contributed by atoms with Crippen LogP contribution in [0.3, 0.4) is 0 Å². The molecule has 0 atom stereocenters. The monoisotopic (exact) mass is 647 g/mol. The third-order valence-electron chi connectivity index (χ3n) is 10.4. The zero-order chi connectivity index (χ0) is 33.3. The molecule has 11 nitrogen and oxygen atoms in total. The minimum atomic E-state index is -0.493. The predicted octanol–water partition coefficient (Wildman–Crippen LogP) is 4.49. The molecule has 1 aromatic heterocycles. The number of anilines is 3. The molecule has 1 aliphatic carbocycles. The second-order valence-corrected chi connectivity index (χ2v) is 13.8. The molecular formula is C35H46FN7O4. The summed E-state index contributed by atoms with van der Waals surface area (Å²) in [5.41, 5.74) is 0.453. The molecule has 1 spiro atoms. The van der Waals surface area contributed by atoms with Crippen LogP contribution in [0, 0.1) is 17.2 Å². The fourth-order valence-electron chi connectivity index (χ4n) is 7.66. The number of halogens is 1. The lowest BCUT2D eigenvalue weighted by atomic mass is 9.71. The number of piperidine rings is 1. The largest absolute Gasteiger partial charge is 0.451 e. The van der Waals surface area contributed by atoms with Gasteiger partial charge in [-0.15, -0.1) is 0 Å². The molecule has 2 saturated heterocycles. The molecule has 3 fully saturated rings. The molecule has 3 heterocycles. The van der Waals surface area contributed by atoms with E-state index in [1.807, 2.05) is 20.8 Å². The van der Waals surface area contributed by atoms with Crippen molar-refractivity contribution in [1.82, 2.24) is 19.8 Å². The third kappa shape index (κ3) is 6.70. The van der Waals surface area contributed by atoms with Gasteiger partial charge in [0.25, 0.3) is 16.8 Å². The van der Waals surface area contributed by atoms with Gasteiger partial charge in [-0.25, -0.2) is 14.4 Å². The average molecular weight is 648 g/mol. The molecule has 252 valence electrons. The van der Waals surface area contributed by atoms with Gasteiger partial charge in [-0.05, 0) is 96.5 Å². The summed E-state index contributed by atoms with van der Waals surface area (Å²) in [6.07, 6.45) is 9.60. The van der Waals surface area contributed by atoms with E-state index in [1.165, 1.54) is 24.5 Å². The van der Waals surface area contributed by atoms with Crippen LogP contribution in [0.5, 0.6) is 11.5 Å². The van der Waals surface area contributed by atoms with E-state index in [-0.39, 0.29) is 34.7 Å². The van der Waals surface area contributed by atoms with Gasteiger partial charge in [0.15, 0.2) is 11.6 Å². The van der Waals surface area contributed by atoms with Crippen molar-refractivity contribution in [2.24, 2.45) is 11.3 Å². The summed E-state index contributed by atoms with van der Waals surface area (Å²) in [5, 5.41) is 6.16. The maximum absolute atomic E-state index is 14.3. The van der Waals surface area contributed by atoms with Gasteiger partial charge in [0, 0.05) is 50.7 Å². The number of carbonyl (C=O) groups is 1. The molecule has 2 aromatic carbocycles. The Morgan fingerprint density at radius 2 is 1.79 bits per heavy atom. The lowest BCUT2D eigenvalue weighted by Crippen LogP contribution is -2.61. The SMILES string of the molecule is CCN(C(=O)c1cc(F)ccc1Oc1cncnc1N1CC2(CCN(CC3CCC(Nc4c(NC)c(=O)c4=O)CC3)CC2)C1)C(C)C. The fourth-order valence-corrected chi connectivity index (χ4v) is 7.66. The van der Waals surface area contributed by atoms with Gasteiger partial charge in [-0.3, -0.25) is 14.4 Å². The Labute approximate surface area is 275 Å². The molecule has 2 aliphatic heterocycles. The lowest BCUT2D eigenvalue weighted by Gasteiger charge is -2.54. The minimum Gasteiger partial charge on any atom is -0.451 e.